The van der Waals surface area contributed by atoms with Crippen LogP contribution in [0.4, 0.5) is 0 Å². The molecule has 0 atom stereocenters. The lowest BCUT2D eigenvalue weighted by atomic mass is 10.2. The fourth-order valence-corrected chi connectivity index (χ4v) is 3.23. The van der Waals surface area contributed by atoms with Crippen LogP contribution in [0.15, 0.2) is 22.2 Å². The Morgan fingerprint density at radius 3 is 2.71 bits per heavy atom. The molecule has 2 rings (SSSR count). The summed E-state index contributed by atoms with van der Waals surface area (Å²) in [5.74, 6) is -1.49. The predicted molar refractivity (Wildman–Crippen MR) is 86.6 cm³/mol. The Kier molecular flexibility index (Phi) is 5.67. The first-order chi connectivity index (χ1) is 11.2. The van der Waals surface area contributed by atoms with Gasteiger partial charge in [0.15, 0.2) is 15.6 Å². The zero-order valence-electron chi connectivity index (χ0n) is 12.6. The van der Waals surface area contributed by atoms with Gasteiger partial charge < -0.3 is 9.84 Å². The van der Waals surface area contributed by atoms with Crippen molar-refractivity contribution in [3.8, 4) is 5.75 Å². The van der Waals surface area contributed by atoms with Gasteiger partial charge in [0.05, 0.1) is 17.1 Å². The average molecular weight is 393 g/mol. The second kappa shape index (κ2) is 7.36. The third-order valence-corrected chi connectivity index (χ3v) is 4.87. The minimum absolute atomic E-state index is 0.0184. The number of aromatic carboxylic acids is 1. The van der Waals surface area contributed by atoms with Crippen molar-refractivity contribution in [1.82, 2.24) is 20.2 Å². The normalized spacial score (nSPS) is 11.5. The van der Waals surface area contributed by atoms with Crippen molar-refractivity contribution in [2.24, 2.45) is 0 Å². The van der Waals surface area contributed by atoms with Gasteiger partial charge in [0.2, 0.25) is 5.16 Å². The van der Waals surface area contributed by atoms with Gasteiger partial charge in [-0.2, -0.15) is 4.80 Å². The molecule has 0 aliphatic carbocycles. The topological polar surface area (TPSA) is 124 Å². The summed E-state index contributed by atoms with van der Waals surface area (Å²) < 4.78 is 29.1. The molecule has 1 N–H and O–H groups in total. The summed E-state index contributed by atoms with van der Waals surface area (Å²) in [7, 11) is -3.65. The van der Waals surface area contributed by atoms with E-state index in [9.17, 15) is 13.2 Å². The molecule has 1 heterocycles. The van der Waals surface area contributed by atoms with Gasteiger partial charge >= 0.3 is 5.97 Å². The number of benzene rings is 1. The second-order valence-corrected chi connectivity index (χ2v) is 7.69. The fraction of sp³-hybridized carbons (Fsp3) is 0.333. The fourth-order valence-electron chi connectivity index (χ4n) is 1.76. The molecular weight excluding hydrogens is 380 g/mol. The number of rotatable bonds is 7. The summed E-state index contributed by atoms with van der Waals surface area (Å²) in [6, 6.07) is 2.27. The Labute approximate surface area is 146 Å². The van der Waals surface area contributed by atoms with E-state index in [1.54, 1.807) is 6.26 Å². The number of tetrazole rings is 1. The zero-order chi connectivity index (χ0) is 17.9. The SMILES string of the molecule is CSc1nnn(CCOc2c(S(C)(=O)=O)ccc(C(=O)O)c2Cl)n1. The van der Waals surface area contributed by atoms with E-state index in [1.807, 2.05) is 0 Å². The van der Waals surface area contributed by atoms with Crippen LogP contribution in [0.25, 0.3) is 0 Å². The van der Waals surface area contributed by atoms with Crippen LogP contribution in [0.2, 0.25) is 5.02 Å². The number of thioether (sulfide) groups is 1. The lowest BCUT2D eigenvalue weighted by molar-refractivity contribution is 0.0696. The van der Waals surface area contributed by atoms with E-state index in [1.165, 1.54) is 16.6 Å². The highest BCUT2D eigenvalue weighted by atomic mass is 35.5. The van der Waals surface area contributed by atoms with Gasteiger partial charge in [-0.15, -0.1) is 10.2 Å². The first-order valence-corrected chi connectivity index (χ1v) is 9.94. The average Bonchev–Trinajstić information content (AvgIpc) is 2.95. The van der Waals surface area contributed by atoms with Crippen molar-refractivity contribution in [3.05, 3.63) is 22.7 Å². The quantitative estimate of drug-likeness (QED) is 0.692. The highest BCUT2D eigenvalue weighted by Gasteiger charge is 2.23. The van der Waals surface area contributed by atoms with Crippen molar-refractivity contribution in [2.75, 3.05) is 19.1 Å². The van der Waals surface area contributed by atoms with E-state index < -0.39 is 15.8 Å². The number of aromatic nitrogens is 4. The van der Waals surface area contributed by atoms with E-state index in [-0.39, 0.29) is 34.4 Å². The van der Waals surface area contributed by atoms with E-state index in [4.69, 9.17) is 21.4 Å². The molecule has 0 bridgehead atoms. The van der Waals surface area contributed by atoms with Gasteiger partial charge in [-0.3, -0.25) is 0 Å². The van der Waals surface area contributed by atoms with Gasteiger partial charge in [-0.25, -0.2) is 13.2 Å². The molecule has 0 radical (unpaired) electrons. The Bertz CT molecular complexity index is 868. The number of hydrogen-bond acceptors (Lipinski definition) is 8. The number of ether oxygens (including phenoxy) is 1. The van der Waals surface area contributed by atoms with Crippen LogP contribution in [0.3, 0.4) is 0 Å². The number of carboxylic acid groups (broad SMARTS) is 1. The minimum atomic E-state index is -3.65. The first kappa shape index (κ1) is 18.5. The molecule has 12 heteroatoms. The van der Waals surface area contributed by atoms with Gasteiger partial charge in [0.1, 0.15) is 11.5 Å². The lowest BCUT2D eigenvalue weighted by Crippen LogP contribution is -2.13. The van der Waals surface area contributed by atoms with Crippen LogP contribution in [0, 0.1) is 0 Å². The number of hydrogen-bond donors (Lipinski definition) is 1. The maximum atomic E-state index is 11.8. The number of halogens is 1. The molecule has 9 nitrogen and oxygen atoms in total. The maximum Gasteiger partial charge on any atom is 0.337 e. The Hall–Kier alpha value is -1.85. The summed E-state index contributed by atoms with van der Waals surface area (Å²) in [5.41, 5.74) is -0.248. The second-order valence-electron chi connectivity index (χ2n) is 4.55. The monoisotopic (exact) mass is 392 g/mol. The Morgan fingerprint density at radius 1 is 1.46 bits per heavy atom. The predicted octanol–water partition coefficient (Wildman–Crippen LogP) is 1.23. The largest absolute Gasteiger partial charge is 0.489 e. The van der Waals surface area contributed by atoms with Crippen LogP contribution in [-0.2, 0) is 16.4 Å². The van der Waals surface area contributed by atoms with Crippen LogP contribution >= 0.6 is 23.4 Å². The molecule has 0 saturated carbocycles. The van der Waals surface area contributed by atoms with Crippen molar-refractivity contribution in [2.45, 2.75) is 16.6 Å². The van der Waals surface area contributed by atoms with E-state index in [2.05, 4.69) is 15.4 Å². The highest BCUT2D eigenvalue weighted by Crippen LogP contribution is 2.35. The van der Waals surface area contributed by atoms with Crippen molar-refractivity contribution >= 4 is 39.2 Å². The number of carboxylic acids is 1. The molecule has 2 aromatic rings. The number of sulfone groups is 1. The molecule has 130 valence electrons. The summed E-state index contributed by atoms with van der Waals surface area (Å²) in [6.45, 7) is 0.167. The van der Waals surface area contributed by atoms with Crippen LogP contribution in [0.5, 0.6) is 5.75 Å². The summed E-state index contributed by atoms with van der Waals surface area (Å²) in [5, 5.41) is 20.9. The molecule has 0 aliphatic heterocycles. The van der Waals surface area contributed by atoms with Crippen molar-refractivity contribution in [1.29, 1.82) is 0 Å². The van der Waals surface area contributed by atoms with Gasteiger partial charge in [0.25, 0.3) is 0 Å². The first-order valence-electron chi connectivity index (χ1n) is 6.44. The van der Waals surface area contributed by atoms with Crippen molar-refractivity contribution < 1.29 is 23.1 Å². The standard InChI is InChI=1S/C12H13ClN4O5S2/c1-23-12-14-16-17(15-12)5-6-22-10-8(24(2,20)21)4-3-7(9(10)13)11(18)19/h3-4H,5-6H2,1-2H3,(H,18,19). The third kappa shape index (κ3) is 4.16. The molecule has 0 amide bonds. The van der Waals surface area contributed by atoms with Crippen LogP contribution < -0.4 is 4.74 Å². The highest BCUT2D eigenvalue weighted by molar-refractivity contribution is 7.98. The van der Waals surface area contributed by atoms with Gasteiger partial charge in [0, 0.05) is 6.26 Å². The van der Waals surface area contributed by atoms with E-state index in [0.717, 1.165) is 18.4 Å². The molecule has 0 unspecified atom stereocenters. The lowest BCUT2D eigenvalue weighted by Gasteiger charge is -2.13. The van der Waals surface area contributed by atoms with Crippen molar-refractivity contribution in [3.63, 3.8) is 0 Å². The molecule has 24 heavy (non-hydrogen) atoms. The van der Waals surface area contributed by atoms with Gasteiger partial charge in [-0.05, 0) is 23.6 Å². The van der Waals surface area contributed by atoms with E-state index in [0.29, 0.717) is 5.16 Å². The molecule has 1 aromatic heterocycles. The smallest absolute Gasteiger partial charge is 0.337 e. The maximum absolute atomic E-state index is 11.8. The third-order valence-electron chi connectivity index (χ3n) is 2.85. The summed E-state index contributed by atoms with van der Waals surface area (Å²) in [4.78, 5) is 12.2. The molecule has 1 aromatic carbocycles. The molecule has 0 saturated heterocycles. The summed E-state index contributed by atoms with van der Waals surface area (Å²) in [6.07, 6.45) is 2.78. The van der Waals surface area contributed by atoms with Gasteiger partial charge in [-0.1, -0.05) is 23.4 Å². The number of carbonyl (C=O) groups is 1. The van der Waals surface area contributed by atoms with Crippen LogP contribution in [-0.4, -0.2) is 58.8 Å². The summed E-state index contributed by atoms with van der Waals surface area (Å²) >= 11 is 7.32. The number of nitrogens with zero attached hydrogens (tertiary/aromatic N) is 4. The Balaban J connectivity index is 2.26. The van der Waals surface area contributed by atoms with E-state index >= 15 is 0 Å². The zero-order valence-corrected chi connectivity index (χ0v) is 15.0. The molecular formula is C12H13ClN4O5S2. The molecule has 0 spiro atoms. The Morgan fingerprint density at radius 2 is 2.17 bits per heavy atom. The minimum Gasteiger partial charge on any atom is -0.489 e. The van der Waals surface area contributed by atoms with Crippen LogP contribution in [0.1, 0.15) is 10.4 Å². The molecule has 0 fully saturated rings. The molecule has 0 aliphatic rings.